The van der Waals surface area contributed by atoms with Crippen molar-refractivity contribution in [3.8, 4) is 0 Å². The number of para-hydroxylation sites is 1. The molecule has 3 rings (SSSR count). The van der Waals surface area contributed by atoms with E-state index in [1.165, 1.54) is 0 Å². The fourth-order valence-corrected chi connectivity index (χ4v) is 2.84. The SMILES string of the molecule is CCNC(=NCc1ccc(C(N)=O)cc1)NCc1oc2ccccc2c1C.I. The molecule has 0 saturated heterocycles. The highest BCUT2D eigenvalue weighted by atomic mass is 127. The number of fused-ring (bicyclic) bond motifs is 1. The monoisotopic (exact) mass is 492 g/mol. The van der Waals surface area contributed by atoms with Crippen LogP contribution in [0, 0.1) is 6.92 Å². The largest absolute Gasteiger partial charge is 0.459 e. The Hall–Kier alpha value is -2.55. The summed E-state index contributed by atoms with van der Waals surface area (Å²) in [6.07, 6.45) is 0. The van der Waals surface area contributed by atoms with Crippen LogP contribution in [0.3, 0.4) is 0 Å². The molecule has 2 aromatic carbocycles. The molecule has 0 spiro atoms. The zero-order valence-electron chi connectivity index (χ0n) is 16.0. The number of furan rings is 1. The molecule has 0 saturated carbocycles. The second-order valence-corrected chi connectivity index (χ2v) is 6.26. The smallest absolute Gasteiger partial charge is 0.248 e. The number of nitrogens with one attached hydrogen (secondary N) is 2. The van der Waals surface area contributed by atoms with Gasteiger partial charge in [0, 0.05) is 23.1 Å². The lowest BCUT2D eigenvalue weighted by atomic mass is 10.1. The van der Waals surface area contributed by atoms with Crippen LogP contribution in [0.5, 0.6) is 0 Å². The molecule has 0 aliphatic carbocycles. The van der Waals surface area contributed by atoms with Crippen LogP contribution in [0.2, 0.25) is 0 Å². The quantitative estimate of drug-likeness (QED) is 0.278. The van der Waals surface area contributed by atoms with Crippen LogP contribution in [0.25, 0.3) is 11.0 Å². The molecule has 7 heteroatoms. The number of aryl methyl sites for hydroxylation is 1. The molecule has 0 bridgehead atoms. The molecule has 0 aliphatic rings. The van der Waals surface area contributed by atoms with E-state index in [4.69, 9.17) is 10.2 Å². The Morgan fingerprint density at radius 3 is 2.46 bits per heavy atom. The van der Waals surface area contributed by atoms with E-state index in [0.717, 1.165) is 34.4 Å². The van der Waals surface area contributed by atoms with Crippen molar-refractivity contribution in [2.24, 2.45) is 10.7 Å². The highest BCUT2D eigenvalue weighted by Crippen LogP contribution is 2.24. The van der Waals surface area contributed by atoms with E-state index in [1.807, 2.05) is 37.3 Å². The summed E-state index contributed by atoms with van der Waals surface area (Å²) in [6.45, 7) is 5.88. The van der Waals surface area contributed by atoms with E-state index in [-0.39, 0.29) is 24.0 Å². The van der Waals surface area contributed by atoms with Gasteiger partial charge in [0.25, 0.3) is 0 Å². The average molecular weight is 492 g/mol. The molecule has 1 amide bonds. The van der Waals surface area contributed by atoms with Gasteiger partial charge in [-0.05, 0) is 37.6 Å². The number of halogens is 1. The van der Waals surface area contributed by atoms with Crippen LogP contribution in [-0.2, 0) is 13.1 Å². The Bertz CT molecular complexity index is 964. The molecule has 0 fully saturated rings. The summed E-state index contributed by atoms with van der Waals surface area (Å²) in [5.74, 6) is 1.17. The van der Waals surface area contributed by atoms with Crippen LogP contribution < -0.4 is 16.4 Å². The van der Waals surface area contributed by atoms with Gasteiger partial charge in [-0.25, -0.2) is 4.99 Å². The predicted octanol–water partition coefficient (Wildman–Crippen LogP) is 3.71. The van der Waals surface area contributed by atoms with Gasteiger partial charge in [0.05, 0.1) is 13.1 Å². The Labute approximate surface area is 181 Å². The number of hydrogen-bond acceptors (Lipinski definition) is 3. The van der Waals surface area contributed by atoms with Gasteiger partial charge >= 0.3 is 0 Å². The third kappa shape index (κ3) is 5.25. The van der Waals surface area contributed by atoms with Crippen LogP contribution in [0.4, 0.5) is 0 Å². The van der Waals surface area contributed by atoms with E-state index < -0.39 is 5.91 Å². The number of carbonyl (C=O) groups is 1. The Kier molecular flexibility index (Phi) is 7.86. The maximum Gasteiger partial charge on any atom is 0.248 e. The maximum atomic E-state index is 11.1. The average Bonchev–Trinajstić information content (AvgIpc) is 3.00. The number of benzene rings is 2. The van der Waals surface area contributed by atoms with Gasteiger partial charge in [-0.1, -0.05) is 30.3 Å². The van der Waals surface area contributed by atoms with Crippen LogP contribution in [0.15, 0.2) is 57.9 Å². The van der Waals surface area contributed by atoms with E-state index in [1.54, 1.807) is 12.1 Å². The van der Waals surface area contributed by atoms with E-state index in [9.17, 15) is 4.79 Å². The van der Waals surface area contributed by atoms with Crippen LogP contribution >= 0.6 is 24.0 Å². The molecule has 148 valence electrons. The summed E-state index contributed by atoms with van der Waals surface area (Å²) >= 11 is 0. The molecule has 0 atom stereocenters. The fourth-order valence-electron chi connectivity index (χ4n) is 2.84. The molecular formula is C21H25IN4O2. The Balaban J connectivity index is 0.00000280. The standard InChI is InChI=1S/C21H24N4O2.HI/c1-3-23-21(24-12-15-8-10-16(11-9-15)20(22)26)25-13-19-14(2)17-6-4-5-7-18(17)27-19;/h4-11H,3,12-13H2,1-2H3,(H2,22,26)(H2,23,24,25);1H. The lowest BCUT2D eigenvalue weighted by Crippen LogP contribution is -2.36. The summed E-state index contributed by atoms with van der Waals surface area (Å²) in [6, 6.07) is 15.2. The number of nitrogens with zero attached hydrogens (tertiary/aromatic N) is 1. The van der Waals surface area contributed by atoms with Gasteiger partial charge in [0.2, 0.25) is 5.91 Å². The second-order valence-electron chi connectivity index (χ2n) is 6.26. The minimum Gasteiger partial charge on any atom is -0.459 e. The van der Waals surface area contributed by atoms with Gasteiger partial charge in [0.1, 0.15) is 11.3 Å². The van der Waals surface area contributed by atoms with Gasteiger partial charge < -0.3 is 20.8 Å². The lowest BCUT2D eigenvalue weighted by Gasteiger charge is -2.10. The number of rotatable bonds is 6. The number of hydrogen-bond donors (Lipinski definition) is 3. The number of amides is 1. The van der Waals surface area contributed by atoms with E-state index in [2.05, 4.69) is 28.6 Å². The van der Waals surface area contributed by atoms with Crippen molar-refractivity contribution in [1.82, 2.24) is 10.6 Å². The summed E-state index contributed by atoms with van der Waals surface area (Å²) < 4.78 is 5.94. The summed E-state index contributed by atoms with van der Waals surface area (Å²) in [4.78, 5) is 15.7. The van der Waals surface area contributed by atoms with Crippen molar-refractivity contribution < 1.29 is 9.21 Å². The molecule has 6 nitrogen and oxygen atoms in total. The van der Waals surface area contributed by atoms with Gasteiger partial charge in [-0.15, -0.1) is 24.0 Å². The minimum atomic E-state index is -0.429. The number of nitrogens with two attached hydrogens (primary N) is 1. The first kappa shape index (κ1) is 21.7. The first-order valence-corrected chi connectivity index (χ1v) is 8.96. The van der Waals surface area contributed by atoms with Crippen LogP contribution in [-0.4, -0.2) is 18.4 Å². The minimum absolute atomic E-state index is 0. The molecule has 3 aromatic rings. The third-order valence-electron chi connectivity index (χ3n) is 4.36. The molecule has 1 aromatic heterocycles. The van der Waals surface area contributed by atoms with Crippen LogP contribution in [0.1, 0.15) is 34.2 Å². The Morgan fingerprint density at radius 2 is 1.82 bits per heavy atom. The number of guanidine groups is 1. The van der Waals surface area contributed by atoms with E-state index >= 15 is 0 Å². The van der Waals surface area contributed by atoms with Gasteiger partial charge in [-0.2, -0.15) is 0 Å². The number of carbonyl (C=O) groups excluding carboxylic acids is 1. The number of primary amides is 1. The second kappa shape index (κ2) is 10.1. The molecule has 0 aliphatic heterocycles. The summed E-state index contributed by atoms with van der Waals surface area (Å²) in [7, 11) is 0. The first-order chi connectivity index (χ1) is 13.1. The van der Waals surface area contributed by atoms with Crippen molar-refractivity contribution in [3.05, 3.63) is 71.0 Å². The maximum absolute atomic E-state index is 11.1. The molecule has 28 heavy (non-hydrogen) atoms. The van der Waals surface area contributed by atoms with Crippen molar-refractivity contribution in [3.63, 3.8) is 0 Å². The molecule has 1 heterocycles. The van der Waals surface area contributed by atoms with Crippen molar-refractivity contribution >= 4 is 46.8 Å². The highest BCUT2D eigenvalue weighted by Gasteiger charge is 2.10. The predicted molar refractivity (Wildman–Crippen MR) is 123 cm³/mol. The first-order valence-electron chi connectivity index (χ1n) is 8.96. The van der Waals surface area contributed by atoms with Crippen molar-refractivity contribution in [2.75, 3.05) is 6.54 Å². The normalized spacial score (nSPS) is 11.1. The summed E-state index contributed by atoms with van der Waals surface area (Å²) in [5, 5.41) is 7.67. The molecular weight excluding hydrogens is 467 g/mol. The van der Waals surface area contributed by atoms with Crippen molar-refractivity contribution in [2.45, 2.75) is 26.9 Å². The molecule has 0 radical (unpaired) electrons. The molecule has 4 N–H and O–H groups in total. The van der Waals surface area contributed by atoms with E-state index in [0.29, 0.717) is 24.6 Å². The lowest BCUT2D eigenvalue weighted by molar-refractivity contribution is 0.100. The number of aliphatic imine (C=N–C) groups is 1. The zero-order chi connectivity index (χ0) is 19.2. The fraction of sp³-hybridized carbons (Fsp3) is 0.238. The van der Waals surface area contributed by atoms with Crippen molar-refractivity contribution in [1.29, 1.82) is 0 Å². The van der Waals surface area contributed by atoms with Gasteiger partial charge in [-0.3, -0.25) is 4.79 Å². The third-order valence-corrected chi connectivity index (χ3v) is 4.36. The Morgan fingerprint density at radius 1 is 1.11 bits per heavy atom. The van der Waals surface area contributed by atoms with Gasteiger partial charge in [0.15, 0.2) is 5.96 Å². The topological polar surface area (TPSA) is 92.6 Å². The highest BCUT2D eigenvalue weighted by molar-refractivity contribution is 14.0. The zero-order valence-corrected chi connectivity index (χ0v) is 18.3. The molecule has 0 unspecified atom stereocenters. The summed E-state index contributed by atoms with van der Waals surface area (Å²) in [5.41, 5.74) is 8.78.